The molecule has 1 atom stereocenters. The Hall–Kier alpha value is -3.99. The largest absolute Gasteiger partial charge is 0.494 e. The molecule has 236 valence electrons. The SMILES string of the molecule is CCOc1ccc(N(CC(=O)N(Cc2ccccc2Cl)[C@H](Cc2ccccc2)C(=O)NC)S(=O)(=O)c2ccc(SC)cc2)cc1. The second-order valence-corrected chi connectivity index (χ2v) is 13.2. The Morgan fingerprint density at radius 2 is 1.56 bits per heavy atom. The first-order chi connectivity index (χ1) is 21.7. The normalized spacial score (nSPS) is 11.8. The summed E-state index contributed by atoms with van der Waals surface area (Å²) in [6, 6.07) is 28.5. The lowest BCUT2D eigenvalue weighted by Crippen LogP contribution is -2.53. The number of nitrogens with zero attached hydrogens (tertiary/aromatic N) is 2. The van der Waals surface area contributed by atoms with Gasteiger partial charge < -0.3 is 15.0 Å². The van der Waals surface area contributed by atoms with Crippen LogP contribution in [0.4, 0.5) is 5.69 Å². The smallest absolute Gasteiger partial charge is 0.264 e. The summed E-state index contributed by atoms with van der Waals surface area (Å²) in [6.45, 7) is 1.73. The number of carbonyl (C=O) groups is 2. The minimum absolute atomic E-state index is 0.0109. The fourth-order valence-corrected chi connectivity index (χ4v) is 6.83. The van der Waals surface area contributed by atoms with Crippen LogP contribution in [-0.4, -0.2) is 57.6 Å². The summed E-state index contributed by atoms with van der Waals surface area (Å²) in [6.07, 6.45) is 2.11. The number of likely N-dealkylation sites (N-methyl/N-ethyl adjacent to an activating group) is 1. The van der Waals surface area contributed by atoms with Crippen molar-refractivity contribution >= 4 is 50.9 Å². The number of amides is 2. The van der Waals surface area contributed by atoms with E-state index in [9.17, 15) is 18.0 Å². The molecule has 4 rings (SSSR count). The third-order valence-electron chi connectivity index (χ3n) is 7.18. The second kappa shape index (κ2) is 15.8. The molecule has 0 aliphatic rings. The van der Waals surface area contributed by atoms with Crippen LogP contribution >= 0.6 is 23.4 Å². The van der Waals surface area contributed by atoms with E-state index in [0.717, 1.165) is 14.8 Å². The van der Waals surface area contributed by atoms with Crippen molar-refractivity contribution in [3.05, 3.63) is 119 Å². The van der Waals surface area contributed by atoms with Crippen LogP contribution in [0.25, 0.3) is 0 Å². The van der Waals surface area contributed by atoms with E-state index < -0.39 is 28.5 Å². The molecule has 11 heteroatoms. The first-order valence-corrected chi connectivity index (χ1v) is 17.4. The molecule has 0 spiro atoms. The molecule has 0 bridgehead atoms. The number of ether oxygens (including phenoxy) is 1. The van der Waals surface area contributed by atoms with Crippen LogP contribution in [-0.2, 0) is 32.6 Å². The fraction of sp³-hybridized carbons (Fsp3) is 0.235. The van der Waals surface area contributed by atoms with Gasteiger partial charge in [-0.2, -0.15) is 0 Å². The quantitative estimate of drug-likeness (QED) is 0.165. The van der Waals surface area contributed by atoms with Gasteiger partial charge in [0.05, 0.1) is 17.2 Å². The molecule has 2 amide bonds. The van der Waals surface area contributed by atoms with Gasteiger partial charge in [0.2, 0.25) is 11.8 Å². The van der Waals surface area contributed by atoms with Crippen molar-refractivity contribution in [2.75, 3.05) is 30.8 Å². The molecular weight excluding hydrogens is 630 g/mol. The summed E-state index contributed by atoms with van der Waals surface area (Å²) in [5, 5.41) is 3.10. The topological polar surface area (TPSA) is 96.0 Å². The van der Waals surface area contributed by atoms with E-state index in [1.54, 1.807) is 60.7 Å². The summed E-state index contributed by atoms with van der Waals surface area (Å²) in [5.41, 5.74) is 1.74. The summed E-state index contributed by atoms with van der Waals surface area (Å²) >= 11 is 8.00. The molecular formula is C34H36ClN3O5S2. The number of thioether (sulfide) groups is 1. The minimum atomic E-state index is -4.22. The first kappa shape index (κ1) is 33.9. The van der Waals surface area contributed by atoms with Crippen LogP contribution in [0.5, 0.6) is 5.75 Å². The van der Waals surface area contributed by atoms with Gasteiger partial charge in [0.1, 0.15) is 18.3 Å². The molecule has 4 aromatic carbocycles. The van der Waals surface area contributed by atoms with E-state index in [1.807, 2.05) is 43.5 Å². The number of rotatable bonds is 14. The molecule has 0 radical (unpaired) electrons. The van der Waals surface area contributed by atoms with E-state index in [-0.39, 0.29) is 29.5 Å². The average Bonchev–Trinajstić information content (AvgIpc) is 3.06. The zero-order chi connectivity index (χ0) is 32.4. The van der Waals surface area contributed by atoms with Crippen LogP contribution in [0, 0.1) is 0 Å². The average molecular weight is 666 g/mol. The lowest BCUT2D eigenvalue weighted by molar-refractivity contribution is -0.139. The molecule has 0 unspecified atom stereocenters. The van der Waals surface area contributed by atoms with E-state index in [1.165, 1.54) is 35.8 Å². The van der Waals surface area contributed by atoms with Crippen molar-refractivity contribution in [3.63, 3.8) is 0 Å². The molecule has 0 saturated heterocycles. The van der Waals surface area contributed by atoms with Gasteiger partial charge in [0.25, 0.3) is 10.0 Å². The molecule has 0 saturated carbocycles. The highest BCUT2D eigenvalue weighted by Gasteiger charge is 2.34. The number of hydrogen-bond acceptors (Lipinski definition) is 6. The van der Waals surface area contributed by atoms with E-state index >= 15 is 0 Å². The van der Waals surface area contributed by atoms with Crippen molar-refractivity contribution in [1.29, 1.82) is 0 Å². The van der Waals surface area contributed by atoms with Crippen LogP contribution in [0.3, 0.4) is 0 Å². The molecule has 0 heterocycles. The zero-order valence-electron chi connectivity index (χ0n) is 25.4. The second-order valence-electron chi connectivity index (χ2n) is 10.0. The van der Waals surface area contributed by atoms with E-state index in [4.69, 9.17) is 16.3 Å². The Bertz CT molecular complexity index is 1690. The van der Waals surface area contributed by atoms with Crippen LogP contribution in [0.15, 0.2) is 113 Å². The maximum atomic E-state index is 14.4. The van der Waals surface area contributed by atoms with Crippen molar-refractivity contribution < 1.29 is 22.7 Å². The van der Waals surface area contributed by atoms with Gasteiger partial charge in [0.15, 0.2) is 0 Å². The monoisotopic (exact) mass is 665 g/mol. The van der Waals surface area contributed by atoms with Crippen molar-refractivity contribution in [1.82, 2.24) is 10.2 Å². The number of anilines is 1. The molecule has 8 nitrogen and oxygen atoms in total. The highest BCUT2D eigenvalue weighted by molar-refractivity contribution is 7.98. The Kier molecular flexibility index (Phi) is 11.9. The lowest BCUT2D eigenvalue weighted by Gasteiger charge is -2.33. The van der Waals surface area contributed by atoms with Gasteiger partial charge in [-0.3, -0.25) is 13.9 Å². The maximum Gasteiger partial charge on any atom is 0.264 e. The molecule has 0 aliphatic heterocycles. The van der Waals surface area contributed by atoms with Gasteiger partial charge >= 0.3 is 0 Å². The summed E-state index contributed by atoms with van der Waals surface area (Å²) in [5.74, 6) is -0.392. The number of hydrogen-bond donors (Lipinski definition) is 1. The third-order valence-corrected chi connectivity index (χ3v) is 10.1. The molecule has 0 aliphatic carbocycles. The first-order valence-electron chi connectivity index (χ1n) is 14.4. The fourth-order valence-electron chi connectivity index (χ4n) is 4.81. The standard InChI is InChI=1S/C34H36ClN3O5S2/c1-4-43-28-16-14-27(15-17-28)38(45(41,42)30-20-18-29(44-3)19-21-30)24-33(39)37(23-26-12-8-9-13-31(26)35)32(34(40)36-2)22-25-10-6-5-7-11-25/h5-21,32H,4,22-24H2,1-3H3,(H,36,40)/t32-/m1/s1. The van der Waals surface area contributed by atoms with Crippen molar-refractivity contribution in [3.8, 4) is 5.75 Å². The Morgan fingerprint density at radius 1 is 0.911 bits per heavy atom. The molecule has 45 heavy (non-hydrogen) atoms. The lowest BCUT2D eigenvalue weighted by atomic mass is 10.0. The van der Waals surface area contributed by atoms with Gasteiger partial charge in [0, 0.05) is 29.9 Å². The maximum absolute atomic E-state index is 14.4. The summed E-state index contributed by atoms with van der Waals surface area (Å²) < 4.78 is 35.0. The number of sulfonamides is 1. The Morgan fingerprint density at radius 3 is 2.16 bits per heavy atom. The van der Waals surface area contributed by atoms with Crippen LogP contribution < -0.4 is 14.4 Å². The van der Waals surface area contributed by atoms with Gasteiger partial charge in [-0.15, -0.1) is 11.8 Å². The summed E-state index contributed by atoms with van der Waals surface area (Å²) in [4.78, 5) is 30.1. The Labute approximate surface area is 274 Å². The number of carbonyl (C=O) groups excluding carboxylic acids is 2. The highest BCUT2D eigenvalue weighted by atomic mass is 35.5. The van der Waals surface area contributed by atoms with Gasteiger partial charge in [-0.1, -0.05) is 60.1 Å². The predicted molar refractivity (Wildman–Crippen MR) is 180 cm³/mol. The molecule has 4 aromatic rings. The predicted octanol–water partition coefficient (Wildman–Crippen LogP) is 6.04. The number of benzene rings is 4. The van der Waals surface area contributed by atoms with Crippen molar-refractivity contribution in [2.24, 2.45) is 0 Å². The zero-order valence-corrected chi connectivity index (χ0v) is 27.7. The van der Waals surface area contributed by atoms with E-state index in [0.29, 0.717) is 22.9 Å². The third kappa shape index (κ3) is 8.59. The van der Waals surface area contributed by atoms with Crippen LogP contribution in [0.2, 0.25) is 5.02 Å². The molecule has 0 aromatic heterocycles. The highest BCUT2D eigenvalue weighted by Crippen LogP contribution is 2.28. The minimum Gasteiger partial charge on any atom is -0.494 e. The van der Waals surface area contributed by atoms with Gasteiger partial charge in [-0.05, 0) is 78.9 Å². The molecule has 1 N–H and O–H groups in total. The number of halogens is 1. The summed E-state index contributed by atoms with van der Waals surface area (Å²) in [7, 11) is -2.71. The van der Waals surface area contributed by atoms with Crippen molar-refractivity contribution in [2.45, 2.75) is 35.7 Å². The Balaban J connectivity index is 1.79. The van der Waals surface area contributed by atoms with Crippen LogP contribution in [0.1, 0.15) is 18.1 Å². The van der Waals surface area contributed by atoms with Gasteiger partial charge in [-0.25, -0.2) is 8.42 Å². The number of nitrogens with one attached hydrogen (secondary N) is 1. The molecule has 0 fully saturated rings. The van der Waals surface area contributed by atoms with E-state index in [2.05, 4.69) is 5.32 Å².